The van der Waals surface area contributed by atoms with Gasteiger partial charge in [-0.1, -0.05) is 6.07 Å². The van der Waals surface area contributed by atoms with Crippen molar-refractivity contribution in [3.8, 4) is 5.88 Å². The molecule has 1 heterocycles. The summed E-state index contributed by atoms with van der Waals surface area (Å²) in [5.74, 6) is -0.0837. The van der Waals surface area contributed by atoms with Crippen molar-refractivity contribution in [2.24, 2.45) is 0 Å². The van der Waals surface area contributed by atoms with Crippen molar-refractivity contribution in [3.63, 3.8) is 0 Å². The zero-order chi connectivity index (χ0) is 13.8. The van der Waals surface area contributed by atoms with Gasteiger partial charge in [-0.2, -0.15) is 0 Å². The normalized spacial score (nSPS) is 10.3. The van der Waals surface area contributed by atoms with Crippen LogP contribution in [0.5, 0.6) is 5.88 Å². The number of ether oxygens (including phenoxy) is 1. The molecule has 98 valence electrons. The molecule has 1 aromatic carbocycles. The maximum absolute atomic E-state index is 13.0. The van der Waals surface area contributed by atoms with E-state index in [-0.39, 0.29) is 18.0 Å². The number of ketones is 1. The van der Waals surface area contributed by atoms with E-state index in [1.54, 1.807) is 31.3 Å². The number of nitrogens with zero attached hydrogens (tertiary/aromatic N) is 1. The first-order chi connectivity index (χ1) is 9.11. The molecule has 0 unspecified atom stereocenters. The van der Waals surface area contributed by atoms with Crippen LogP contribution in [0.3, 0.4) is 0 Å². The molecule has 0 radical (unpaired) electrons. The Morgan fingerprint density at radius 1 is 1.37 bits per heavy atom. The van der Waals surface area contributed by atoms with Crippen molar-refractivity contribution in [2.45, 2.75) is 13.3 Å². The van der Waals surface area contributed by atoms with Crippen LogP contribution in [0.2, 0.25) is 0 Å². The van der Waals surface area contributed by atoms with Crippen LogP contribution in [0.25, 0.3) is 0 Å². The average molecular weight is 259 g/mol. The van der Waals surface area contributed by atoms with Gasteiger partial charge < -0.3 is 4.74 Å². The van der Waals surface area contributed by atoms with Crippen LogP contribution in [0.4, 0.5) is 4.39 Å². The molecule has 0 aliphatic carbocycles. The van der Waals surface area contributed by atoms with E-state index in [1.165, 1.54) is 19.2 Å². The molecule has 0 fully saturated rings. The van der Waals surface area contributed by atoms with Gasteiger partial charge in [0.25, 0.3) is 0 Å². The van der Waals surface area contributed by atoms with Crippen molar-refractivity contribution >= 4 is 5.78 Å². The van der Waals surface area contributed by atoms with Crippen LogP contribution >= 0.6 is 0 Å². The summed E-state index contributed by atoms with van der Waals surface area (Å²) in [6, 6.07) is 7.77. The van der Waals surface area contributed by atoms with Gasteiger partial charge >= 0.3 is 0 Å². The summed E-state index contributed by atoms with van der Waals surface area (Å²) >= 11 is 0. The van der Waals surface area contributed by atoms with E-state index in [0.717, 1.165) is 11.1 Å². The highest BCUT2D eigenvalue weighted by atomic mass is 19.1. The van der Waals surface area contributed by atoms with Crippen LogP contribution in [-0.2, 0) is 6.42 Å². The molecule has 0 amide bonds. The first-order valence-corrected chi connectivity index (χ1v) is 5.89. The Bertz CT molecular complexity index is 611. The van der Waals surface area contributed by atoms with Crippen molar-refractivity contribution in [3.05, 3.63) is 59.0 Å². The molecule has 2 rings (SSSR count). The van der Waals surface area contributed by atoms with E-state index in [2.05, 4.69) is 4.98 Å². The quantitative estimate of drug-likeness (QED) is 0.792. The second-order valence-corrected chi connectivity index (χ2v) is 4.23. The minimum Gasteiger partial charge on any atom is -0.480 e. The summed E-state index contributed by atoms with van der Waals surface area (Å²) in [4.78, 5) is 16.2. The summed E-state index contributed by atoms with van der Waals surface area (Å²) in [6.45, 7) is 1.78. The zero-order valence-electron chi connectivity index (χ0n) is 10.8. The SMILES string of the molecule is COc1ncccc1C(=O)Cc1ccc(F)cc1C. The van der Waals surface area contributed by atoms with E-state index in [9.17, 15) is 9.18 Å². The minimum atomic E-state index is -0.298. The number of hydrogen-bond donors (Lipinski definition) is 0. The molecular weight excluding hydrogens is 245 g/mol. The summed E-state index contributed by atoms with van der Waals surface area (Å²) in [5, 5.41) is 0. The van der Waals surface area contributed by atoms with Gasteiger partial charge in [0.15, 0.2) is 5.78 Å². The van der Waals surface area contributed by atoms with Crippen LogP contribution < -0.4 is 4.74 Å². The van der Waals surface area contributed by atoms with E-state index < -0.39 is 0 Å². The third-order valence-electron chi connectivity index (χ3n) is 2.92. The summed E-state index contributed by atoms with van der Waals surface area (Å²) in [5.41, 5.74) is 2.00. The highest BCUT2D eigenvalue weighted by Crippen LogP contribution is 2.18. The van der Waals surface area contributed by atoms with Gasteiger partial charge in [-0.05, 0) is 42.3 Å². The lowest BCUT2D eigenvalue weighted by molar-refractivity contribution is 0.0989. The first-order valence-electron chi connectivity index (χ1n) is 5.89. The maximum Gasteiger partial charge on any atom is 0.224 e. The minimum absolute atomic E-state index is 0.0975. The number of carbonyl (C=O) groups is 1. The van der Waals surface area contributed by atoms with E-state index in [1.807, 2.05) is 0 Å². The van der Waals surface area contributed by atoms with Crippen molar-refractivity contribution in [2.75, 3.05) is 7.11 Å². The average Bonchev–Trinajstić information content (AvgIpc) is 2.41. The predicted octanol–water partition coefficient (Wildman–Crippen LogP) is 2.96. The number of pyridine rings is 1. The zero-order valence-corrected chi connectivity index (χ0v) is 10.8. The number of methoxy groups -OCH3 is 1. The molecule has 0 saturated heterocycles. The Balaban J connectivity index is 2.26. The fourth-order valence-electron chi connectivity index (χ4n) is 1.89. The highest BCUT2D eigenvalue weighted by molar-refractivity contribution is 5.99. The maximum atomic E-state index is 13.0. The van der Waals surface area contributed by atoms with E-state index in [0.29, 0.717) is 11.4 Å². The number of aryl methyl sites for hydroxylation is 1. The second-order valence-electron chi connectivity index (χ2n) is 4.23. The van der Waals surface area contributed by atoms with Gasteiger partial charge in [-0.3, -0.25) is 4.79 Å². The molecule has 0 N–H and O–H groups in total. The number of benzene rings is 1. The molecule has 1 aromatic heterocycles. The fraction of sp³-hybridized carbons (Fsp3) is 0.200. The molecular formula is C15H14FNO2. The van der Waals surface area contributed by atoms with Crippen LogP contribution in [-0.4, -0.2) is 17.9 Å². The van der Waals surface area contributed by atoms with Crippen LogP contribution in [0, 0.1) is 12.7 Å². The van der Waals surface area contributed by atoms with Gasteiger partial charge in [-0.15, -0.1) is 0 Å². The van der Waals surface area contributed by atoms with Crippen molar-refractivity contribution in [1.82, 2.24) is 4.98 Å². The van der Waals surface area contributed by atoms with Gasteiger partial charge in [0.05, 0.1) is 12.7 Å². The summed E-state index contributed by atoms with van der Waals surface area (Å²) in [6.07, 6.45) is 1.77. The Hall–Kier alpha value is -2.23. The monoisotopic (exact) mass is 259 g/mol. The van der Waals surface area contributed by atoms with Gasteiger partial charge in [0.2, 0.25) is 5.88 Å². The van der Waals surface area contributed by atoms with Crippen molar-refractivity contribution in [1.29, 1.82) is 0 Å². The van der Waals surface area contributed by atoms with Gasteiger partial charge in [0.1, 0.15) is 5.82 Å². The molecule has 19 heavy (non-hydrogen) atoms. The topological polar surface area (TPSA) is 39.2 Å². The molecule has 0 aliphatic rings. The van der Waals surface area contributed by atoms with E-state index >= 15 is 0 Å². The second kappa shape index (κ2) is 5.61. The number of Topliss-reactive ketones (excluding diaryl/α,β-unsaturated/α-hetero) is 1. The number of hydrogen-bond acceptors (Lipinski definition) is 3. The predicted molar refractivity (Wildman–Crippen MR) is 70.0 cm³/mol. The fourth-order valence-corrected chi connectivity index (χ4v) is 1.89. The Morgan fingerprint density at radius 3 is 2.84 bits per heavy atom. The number of rotatable bonds is 4. The third-order valence-corrected chi connectivity index (χ3v) is 2.92. The molecule has 0 saturated carbocycles. The largest absolute Gasteiger partial charge is 0.480 e. The lowest BCUT2D eigenvalue weighted by Gasteiger charge is -2.08. The van der Waals surface area contributed by atoms with Crippen molar-refractivity contribution < 1.29 is 13.9 Å². The Morgan fingerprint density at radius 2 is 2.16 bits per heavy atom. The molecule has 4 heteroatoms. The molecule has 0 bridgehead atoms. The lowest BCUT2D eigenvalue weighted by Crippen LogP contribution is -2.07. The lowest BCUT2D eigenvalue weighted by atomic mass is 10.00. The molecule has 0 atom stereocenters. The van der Waals surface area contributed by atoms with Gasteiger partial charge in [0, 0.05) is 12.6 Å². The number of halogens is 1. The summed E-state index contributed by atoms with van der Waals surface area (Å²) in [7, 11) is 1.47. The molecule has 0 spiro atoms. The highest BCUT2D eigenvalue weighted by Gasteiger charge is 2.14. The molecule has 0 aliphatic heterocycles. The van der Waals surface area contributed by atoms with Gasteiger partial charge in [-0.25, -0.2) is 9.37 Å². The van der Waals surface area contributed by atoms with E-state index in [4.69, 9.17) is 4.74 Å². The molecule has 2 aromatic rings. The number of aromatic nitrogens is 1. The standard InChI is InChI=1S/C15H14FNO2/c1-10-8-12(16)6-5-11(10)9-14(18)13-4-3-7-17-15(13)19-2/h3-8H,9H2,1-2H3. The number of carbonyl (C=O) groups excluding carboxylic acids is 1. The first kappa shape index (κ1) is 13.2. The van der Waals surface area contributed by atoms with Crippen LogP contribution in [0.15, 0.2) is 36.5 Å². The third kappa shape index (κ3) is 2.96. The Labute approximate surface area is 111 Å². The Kier molecular flexibility index (Phi) is 3.90. The van der Waals surface area contributed by atoms with Crippen LogP contribution in [0.1, 0.15) is 21.5 Å². The molecule has 3 nitrogen and oxygen atoms in total. The summed E-state index contributed by atoms with van der Waals surface area (Å²) < 4.78 is 18.1. The smallest absolute Gasteiger partial charge is 0.224 e.